The predicted octanol–water partition coefficient (Wildman–Crippen LogP) is 5.72. The number of hydrogen-bond acceptors (Lipinski definition) is 4. The second-order valence-corrected chi connectivity index (χ2v) is 9.66. The molecule has 2 atom stereocenters. The highest BCUT2D eigenvalue weighted by molar-refractivity contribution is 5.88. The Kier molecular flexibility index (Phi) is 11.2. The molecule has 38 heavy (non-hydrogen) atoms. The van der Waals surface area contributed by atoms with Crippen molar-refractivity contribution in [3.05, 3.63) is 95.6 Å². The number of carbonyl (C=O) groups is 2. The van der Waals surface area contributed by atoms with Gasteiger partial charge in [-0.3, -0.25) is 9.59 Å². The monoisotopic (exact) mass is 516 g/mol. The van der Waals surface area contributed by atoms with Crippen molar-refractivity contribution in [1.82, 2.24) is 10.2 Å². The lowest BCUT2D eigenvalue weighted by molar-refractivity contribution is -0.141. The minimum absolute atomic E-state index is 0.0115. The number of nitrogens with one attached hydrogen (secondary N) is 1. The quantitative estimate of drug-likeness (QED) is 0.278. The van der Waals surface area contributed by atoms with Gasteiger partial charge in [0.1, 0.15) is 17.5 Å². The summed E-state index contributed by atoms with van der Waals surface area (Å²) < 4.78 is 11.2. The summed E-state index contributed by atoms with van der Waals surface area (Å²) in [6, 6.07) is 24.7. The molecule has 0 spiro atoms. The topological polar surface area (TPSA) is 67.9 Å². The summed E-state index contributed by atoms with van der Waals surface area (Å²) in [5, 5.41) is 3.10. The van der Waals surface area contributed by atoms with Gasteiger partial charge < -0.3 is 19.7 Å². The third kappa shape index (κ3) is 8.94. The first-order valence-corrected chi connectivity index (χ1v) is 13.4. The zero-order valence-corrected chi connectivity index (χ0v) is 23.0. The zero-order valence-electron chi connectivity index (χ0n) is 23.0. The van der Waals surface area contributed by atoms with E-state index < -0.39 is 6.04 Å². The lowest BCUT2D eigenvalue weighted by Gasteiger charge is -2.32. The molecule has 0 saturated heterocycles. The number of methoxy groups -OCH3 is 1. The van der Waals surface area contributed by atoms with Gasteiger partial charge in [-0.15, -0.1) is 0 Å². The van der Waals surface area contributed by atoms with Crippen LogP contribution in [0.15, 0.2) is 78.9 Å². The van der Waals surface area contributed by atoms with Gasteiger partial charge in [0, 0.05) is 25.4 Å². The van der Waals surface area contributed by atoms with Crippen LogP contribution in [0, 0.1) is 6.92 Å². The normalized spacial score (nSPS) is 12.3. The fourth-order valence-corrected chi connectivity index (χ4v) is 4.15. The first-order valence-electron chi connectivity index (χ1n) is 13.4. The maximum Gasteiger partial charge on any atom is 0.243 e. The molecule has 3 aromatic carbocycles. The first-order chi connectivity index (χ1) is 18.4. The van der Waals surface area contributed by atoms with Crippen molar-refractivity contribution < 1.29 is 19.1 Å². The van der Waals surface area contributed by atoms with Crippen molar-refractivity contribution in [2.75, 3.05) is 13.7 Å². The first kappa shape index (κ1) is 28.8. The summed E-state index contributed by atoms with van der Waals surface area (Å²) in [7, 11) is 1.62. The molecule has 0 heterocycles. The molecule has 0 aliphatic heterocycles. The van der Waals surface area contributed by atoms with E-state index in [2.05, 4.69) is 5.32 Å². The van der Waals surface area contributed by atoms with Crippen LogP contribution in [-0.4, -0.2) is 42.5 Å². The molecule has 202 valence electrons. The van der Waals surface area contributed by atoms with Crippen molar-refractivity contribution in [3.8, 4) is 11.5 Å². The minimum Gasteiger partial charge on any atom is -0.497 e. The molecule has 0 aromatic heterocycles. The smallest absolute Gasteiger partial charge is 0.243 e. The Labute approximate surface area is 227 Å². The lowest BCUT2D eigenvalue weighted by Crippen LogP contribution is -2.52. The second kappa shape index (κ2) is 14.8. The molecule has 0 bridgehead atoms. The molecule has 0 aliphatic carbocycles. The van der Waals surface area contributed by atoms with Crippen LogP contribution in [0.5, 0.6) is 11.5 Å². The molecule has 3 aromatic rings. The standard InChI is InChI=1S/C32H40N2O4/c1-5-25(3)33-32(36)30(22-26-11-7-6-8-12-26)34(23-27-13-9-14-29(21-27)37-4)31(35)15-10-20-38-28-18-16-24(2)17-19-28/h6-9,11-14,16-19,21,25,30H,5,10,15,20,22-23H2,1-4H3,(H,33,36)/t25-,30-/m0/s1. The summed E-state index contributed by atoms with van der Waals surface area (Å²) in [6.07, 6.45) is 2.06. The fraction of sp³-hybridized carbons (Fsp3) is 0.375. The van der Waals surface area contributed by atoms with Crippen molar-refractivity contribution >= 4 is 11.8 Å². The Morgan fingerprint density at radius 3 is 2.32 bits per heavy atom. The Balaban J connectivity index is 1.81. The Morgan fingerprint density at radius 1 is 0.921 bits per heavy atom. The minimum atomic E-state index is -0.650. The summed E-state index contributed by atoms with van der Waals surface area (Å²) >= 11 is 0. The van der Waals surface area contributed by atoms with Crippen LogP contribution < -0.4 is 14.8 Å². The van der Waals surface area contributed by atoms with E-state index in [4.69, 9.17) is 9.47 Å². The molecule has 3 rings (SSSR count). The Bertz CT molecular complexity index is 1150. The predicted molar refractivity (Wildman–Crippen MR) is 151 cm³/mol. The number of ether oxygens (including phenoxy) is 2. The summed E-state index contributed by atoms with van der Waals surface area (Å²) in [4.78, 5) is 29.0. The molecule has 6 heteroatoms. The summed E-state index contributed by atoms with van der Waals surface area (Å²) in [5.41, 5.74) is 3.08. The second-order valence-electron chi connectivity index (χ2n) is 9.66. The van der Waals surface area contributed by atoms with Crippen molar-refractivity contribution in [1.29, 1.82) is 0 Å². The van der Waals surface area contributed by atoms with Gasteiger partial charge in [-0.2, -0.15) is 0 Å². The molecule has 0 saturated carbocycles. The molecule has 0 unspecified atom stereocenters. The maximum absolute atomic E-state index is 13.7. The number of aryl methyl sites for hydroxylation is 1. The van der Waals surface area contributed by atoms with E-state index >= 15 is 0 Å². The number of benzene rings is 3. The van der Waals surface area contributed by atoms with E-state index in [0.717, 1.165) is 23.3 Å². The van der Waals surface area contributed by atoms with Gasteiger partial charge in [0.05, 0.1) is 13.7 Å². The number of nitrogens with zero attached hydrogens (tertiary/aromatic N) is 1. The van der Waals surface area contributed by atoms with Gasteiger partial charge in [0.2, 0.25) is 11.8 Å². The van der Waals surface area contributed by atoms with Crippen molar-refractivity contribution in [2.24, 2.45) is 0 Å². The van der Waals surface area contributed by atoms with Crippen LogP contribution >= 0.6 is 0 Å². The number of hydrogen-bond donors (Lipinski definition) is 1. The SMILES string of the molecule is CC[C@H](C)NC(=O)[C@H](Cc1ccccc1)N(Cc1cccc(OC)c1)C(=O)CCCOc1ccc(C)cc1. The molecule has 6 nitrogen and oxygen atoms in total. The highest BCUT2D eigenvalue weighted by atomic mass is 16.5. The fourth-order valence-electron chi connectivity index (χ4n) is 4.15. The molecule has 0 aliphatic rings. The van der Waals surface area contributed by atoms with Gasteiger partial charge in [0.15, 0.2) is 0 Å². The summed E-state index contributed by atoms with van der Waals surface area (Å²) in [6.45, 7) is 6.77. The van der Waals surface area contributed by atoms with Crippen molar-refractivity contribution in [2.45, 2.75) is 65.1 Å². The molecule has 1 N–H and O–H groups in total. The van der Waals surface area contributed by atoms with E-state index in [9.17, 15) is 9.59 Å². The van der Waals surface area contributed by atoms with E-state index in [1.165, 1.54) is 5.56 Å². The Morgan fingerprint density at radius 2 is 1.63 bits per heavy atom. The zero-order chi connectivity index (χ0) is 27.3. The number of amides is 2. The third-order valence-corrected chi connectivity index (χ3v) is 6.58. The largest absolute Gasteiger partial charge is 0.497 e. The van der Waals surface area contributed by atoms with E-state index in [0.29, 0.717) is 31.7 Å². The van der Waals surface area contributed by atoms with Crippen molar-refractivity contribution in [3.63, 3.8) is 0 Å². The van der Waals surface area contributed by atoms with E-state index in [-0.39, 0.29) is 24.3 Å². The lowest BCUT2D eigenvalue weighted by atomic mass is 10.0. The molecular weight excluding hydrogens is 476 g/mol. The van der Waals surface area contributed by atoms with Gasteiger partial charge in [-0.1, -0.05) is 67.1 Å². The average molecular weight is 517 g/mol. The Hall–Kier alpha value is -3.80. The van der Waals surface area contributed by atoms with Crippen LogP contribution in [0.1, 0.15) is 49.8 Å². The third-order valence-electron chi connectivity index (χ3n) is 6.58. The molecular formula is C32H40N2O4. The van der Waals surface area contributed by atoms with Crippen LogP contribution in [0.2, 0.25) is 0 Å². The molecule has 2 amide bonds. The number of rotatable bonds is 14. The van der Waals surface area contributed by atoms with Crippen LogP contribution in [0.3, 0.4) is 0 Å². The highest BCUT2D eigenvalue weighted by Gasteiger charge is 2.30. The maximum atomic E-state index is 13.7. The van der Waals surface area contributed by atoms with Gasteiger partial charge in [0.25, 0.3) is 0 Å². The van der Waals surface area contributed by atoms with Gasteiger partial charge >= 0.3 is 0 Å². The summed E-state index contributed by atoms with van der Waals surface area (Å²) in [5.74, 6) is 1.27. The molecule has 0 fully saturated rings. The van der Waals surface area contributed by atoms with Crippen LogP contribution in [-0.2, 0) is 22.6 Å². The van der Waals surface area contributed by atoms with E-state index in [1.807, 2.05) is 99.6 Å². The van der Waals surface area contributed by atoms with Gasteiger partial charge in [-0.25, -0.2) is 0 Å². The van der Waals surface area contributed by atoms with Gasteiger partial charge in [-0.05, 0) is 62.1 Å². The van der Waals surface area contributed by atoms with Crippen LogP contribution in [0.25, 0.3) is 0 Å². The average Bonchev–Trinajstić information content (AvgIpc) is 2.94. The number of carbonyl (C=O) groups excluding carboxylic acids is 2. The van der Waals surface area contributed by atoms with E-state index in [1.54, 1.807) is 12.0 Å². The highest BCUT2D eigenvalue weighted by Crippen LogP contribution is 2.20. The molecule has 0 radical (unpaired) electrons. The van der Waals surface area contributed by atoms with Crippen LogP contribution in [0.4, 0.5) is 0 Å².